The van der Waals surface area contributed by atoms with Crippen molar-refractivity contribution in [3.8, 4) is 0 Å². The van der Waals surface area contributed by atoms with E-state index in [1.54, 1.807) is 23.9 Å². The molecular weight excluding hydrogens is 263 g/mol. The van der Waals surface area contributed by atoms with Gasteiger partial charge in [-0.05, 0) is 29.9 Å². The molecule has 0 aromatic heterocycles. The highest BCUT2D eigenvalue weighted by Gasteiger charge is 2.21. The second-order valence-corrected chi connectivity index (χ2v) is 5.60. The van der Waals surface area contributed by atoms with Crippen molar-refractivity contribution in [3.63, 3.8) is 0 Å². The smallest absolute Gasteiger partial charge is 0.323 e. The molecule has 0 spiro atoms. The summed E-state index contributed by atoms with van der Waals surface area (Å²) in [5.74, 6) is 0.351. The number of methoxy groups -OCH3 is 1. The highest BCUT2D eigenvalue weighted by molar-refractivity contribution is 8.00. The molecule has 2 nitrogen and oxygen atoms in total. The Kier molecular flexibility index (Phi) is 7.56. The first-order valence-corrected chi connectivity index (χ1v) is 7.68. The predicted octanol–water partition coefficient (Wildman–Crippen LogP) is 4.35. The molecule has 0 aliphatic rings. The maximum absolute atomic E-state index is 12.9. The van der Waals surface area contributed by atoms with Gasteiger partial charge in [-0.2, -0.15) is 0 Å². The van der Waals surface area contributed by atoms with Crippen molar-refractivity contribution in [2.24, 2.45) is 0 Å². The van der Waals surface area contributed by atoms with Crippen molar-refractivity contribution in [3.05, 3.63) is 35.6 Å². The molecule has 0 heterocycles. The highest BCUT2D eigenvalue weighted by atomic mass is 32.2. The molecule has 0 saturated heterocycles. The molecule has 0 fully saturated rings. The number of carbonyl (C=O) groups excluding carboxylic acids is 1. The normalized spacial score (nSPS) is 12.2. The Hall–Kier alpha value is -1.03. The summed E-state index contributed by atoms with van der Waals surface area (Å²) in [6, 6.07) is 6.05. The molecule has 0 aliphatic heterocycles. The van der Waals surface area contributed by atoms with E-state index in [1.807, 2.05) is 0 Å². The minimum absolute atomic E-state index is 0.271. The highest BCUT2D eigenvalue weighted by Crippen LogP contribution is 2.31. The van der Waals surface area contributed by atoms with Crippen LogP contribution >= 0.6 is 11.8 Å². The van der Waals surface area contributed by atoms with Gasteiger partial charge in [-0.3, -0.25) is 4.79 Å². The average molecular weight is 284 g/mol. The Morgan fingerprint density at radius 1 is 1.26 bits per heavy atom. The zero-order valence-corrected chi connectivity index (χ0v) is 12.3. The van der Waals surface area contributed by atoms with Gasteiger partial charge in [-0.15, -0.1) is 11.8 Å². The van der Waals surface area contributed by atoms with Crippen LogP contribution < -0.4 is 0 Å². The lowest BCUT2D eigenvalue weighted by Crippen LogP contribution is -2.11. The molecule has 0 radical (unpaired) electrons. The van der Waals surface area contributed by atoms with Crippen molar-refractivity contribution in [1.29, 1.82) is 0 Å². The first kappa shape index (κ1) is 16.0. The number of rotatable bonds is 8. The van der Waals surface area contributed by atoms with E-state index in [9.17, 15) is 9.18 Å². The van der Waals surface area contributed by atoms with E-state index in [2.05, 4.69) is 6.92 Å². The summed E-state index contributed by atoms with van der Waals surface area (Å²) in [5, 5.41) is -0.354. The summed E-state index contributed by atoms with van der Waals surface area (Å²) in [6.45, 7) is 2.17. The second kappa shape index (κ2) is 8.97. The van der Waals surface area contributed by atoms with Gasteiger partial charge in [0.25, 0.3) is 0 Å². The molecule has 0 aliphatic carbocycles. The lowest BCUT2D eigenvalue weighted by molar-refractivity contribution is -0.140. The van der Waals surface area contributed by atoms with Crippen LogP contribution in [0.5, 0.6) is 0 Å². The number of ether oxygens (including phenoxy) is 1. The molecule has 19 heavy (non-hydrogen) atoms. The fraction of sp³-hybridized carbons (Fsp3) is 0.533. The van der Waals surface area contributed by atoms with Crippen LogP contribution in [0.4, 0.5) is 4.39 Å². The Labute approximate surface area is 118 Å². The minimum atomic E-state index is -0.354. The molecule has 0 N–H and O–H groups in total. The molecule has 0 saturated carbocycles. The van der Waals surface area contributed by atoms with Gasteiger partial charge in [-0.25, -0.2) is 4.39 Å². The summed E-state index contributed by atoms with van der Waals surface area (Å²) >= 11 is 1.57. The van der Waals surface area contributed by atoms with E-state index in [0.29, 0.717) is 0 Å². The topological polar surface area (TPSA) is 26.3 Å². The van der Waals surface area contributed by atoms with Crippen LogP contribution in [-0.2, 0) is 9.53 Å². The number of carbonyl (C=O) groups is 1. The monoisotopic (exact) mass is 284 g/mol. The maximum atomic E-state index is 12.9. The van der Waals surface area contributed by atoms with Gasteiger partial charge in [0.05, 0.1) is 7.11 Å². The summed E-state index contributed by atoms with van der Waals surface area (Å²) in [4.78, 5) is 11.8. The van der Waals surface area contributed by atoms with Crippen LogP contribution in [0, 0.1) is 5.82 Å². The van der Waals surface area contributed by atoms with Gasteiger partial charge < -0.3 is 4.74 Å². The van der Waals surface area contributed by atoms with Crippen molar-refractivity contribution < 1.29 is 13.9 Å². The first-order chi connectivity index (χ1) is 9.19. The summed E-state index contributed by atoms with van der Waals surface area (Å²) < 4.78 is 17.7. The number of thioether (sulfide) groups is 1. The Balaban J connectivity index is 2.57. The summed E-state index contributed by atoms with van der Waals surface area (Å²) in [6.07, 6.45) is 4.69. The van der Waals surface area contributed by atoms with Gasteiger partial charge in [-0.1, -0.05) is 38.3 Å². The number of esters is 1. The lowest BCUT2D eigenvalue weighted by atomic mass is 10.1. The number of hydrogen-bond donors (Lipinski definition) is 0. The van der Waals surface area contributed by atoms with E-state index < -0.39 is 0 Å². The SMILES string of the molecule is CCCCCCSC(C(=O)OC)c1ccc(F)cc1. The Morgan fingerprint density at radius 3 is 2.53 bits per heavy atom. The predicted molar refractivity (Wildman–Crippen MR) is 77.8 cm³/mol. The van der Waals surface area contributed by atoms with Gasteiger partial charge in [0.15, 0.2) is 0 Å². The number of halogens is 1. The molecule has 1 aromatic rings. The molecule has 1 rings (SSSR count). The summed E-state index contributed by atoms with van der Waals surface area (Å²) in [5.41, 5.74) is 0.800. The van der Waals surface area contributed by atoms with Gasteiger partial charge >= 0.3 is 5.97 Å². The van der Waals surface area contributed by atoms with E-state index in [1.165, 1.54) is 38.5 Å². The molecule has 4 heteroatoms. The fourth-order valence-electron chi connectivity index (χ4n) is 1.77. The molecule has 0 bridgehead atoms. The average Bonchev–Trinajstić information content (AvgIpc) is 2.43. The second-order valence-electron chi connectivity index (χ2n) is 4.39. The van der Waals surface area contributed by atoms with E-state index in [0.717, 1.165) is 17.7 Å². The fourth-order valence-corrected chi connectivity index (χ4v) is 2.96. The zero-order valence-electron chi connectivity index (χ0n) is 11.5. The van der Waals surface area contributed by atoms with Crippen LogP contribution in [0.25, 0.3) is 0 Å². The first-order valence-electron chi connectivity index (χ1n) is 6.64. The number of benzene rings is 1. The molecule has 1 unspecified atom stereocenters. The van der Waals surface area contributed by atoms with Crippen LogP contribution in [0.1, 0.15) is 43.4 Å². The van der Waals surface area contributed by atoms with E-state index in [4.69, 9.17) is 4.74 Å². The van der Waals surface area contributed by atoms with Crippen LogP contribution in [-0.4, -0.2) is 18.8 Å². The molecule has 106 valence electrons. The van der Waals surface area contributed by atoms with Crippen molar-refractivity contribution >= 4 is 17.7 Å². The van der Waals surface area contributed by atoms with Gasteiger partial charge in [0.1, 0.15) is 11.1 Å². The number of unbranched alkanes of at least 4 members (excludes halogenated alkanes) is 3. The van der Waals surface area contributed by atoms with E-state index >= 15 is 0 Å². The molecule has 1 atom stereocenters. The van der Waals surface area contributed by atoms with Crippen LogP contribution in [0.3, 0.4) is 0 Å². The third kappa shape index (κ3) is 5.64. The van der Waals surface area contributed by atoms with Crippen molar-refractivity contribution in [2.45, 2.75) is 37.9 Å². The van der Waals surface area contributed by atoms with Crippen molar-refractivity contribution in [2.75, 3.05) is 12.9 Å². The Morgan fingerprint density at radius 2 is 1.95 bits per heavy atom. The molecule has 1 aromatic carbocycles. The third-order valence-corrected chi connectivity index (χ3v) is 4.19. The zero-order chi connectivity index (χ0) is 14.1. The Bertz CT molecular complexity index is 378. The van der Waals surface area contributed by atoms with E-state index in [-0.39, 0.29) is 17.0 Å². The van der Waals surface area contributed by atoms with Crippen molar-refractivity contribution in [1.82, 2.24) is 0 Å². The maximum Gasteiger partial charge on any atom is 0.323 e. The molecule has 0 amide bonds. The standard InChI is InChI=1S/C15H21FO2S/c1-3-4-5-6-11-19-14(15(17)18-2)12-7-9-13(16)10-8-12/h7-10,14H,3-6,11H2,1-2H3. The minimum Gasteiger partial charge on any atom is -0.468 e. The van der Waals surface area contributed by atoms with Crippen LogP contribution in [0.2, 0.25) is 0 Å². The van der Waals surface area contributed by atoms with Gasteiger partial charge in [0, 0.05) is 0 Å². The summed E-state index contributed by atoms with van der Waals surface area (Å²) in [7, 11) is 1.39. The van der Waals surface area contributed by atoms with Gasteiger partial charge in [0.2, 0.25) is 0 Å². The van der Waals surface area contributed by atoms with Crippen LogP contribution in [0.15, 0.2) is 24.3 Å². The number of hydrogen-bond acceptors (Lipinski definition) is 3. The quantitative estimate of drug-likeness (QED) is 0.524. The lowest BCUT2D eigenvalue weighted by Gasteiger charge is -2.14. The largest absolute Gasteiger partial charge is 0.468 e. The molecular formula is C15H21FO2S. The third-order valence-electron chi connectivity index (χ3n) is 2.87.